The smallest absolute Gasteiger partial charge is 0.333 e. The Hall–Kier alpha value is -1.59. The number of hydrogen-bond donors (Lipinski definition) is 1. The summed E-state index contributed by atoms with van der Waals surface area (Å²) in [7, 11) is 0. The average Bonchev–Trinajstić information content (AvgIpc) is 2.76. The van der Waals surface area contributed by atoms with Gasteiger partial charge in [-0.2, -0.15) is 5.10 Å². The maximum atomic E-state index is 11.3. The van der Waals surface area contributed by atoms with E-state index in [9.17, 15) is 10.1 Å². The van der Waals surface area contributed by atoms with E-state index in [1.165, 1.54) is 19.3 Å². The molecule has 0 unspecified atom stereocenters. The van der Waals surface area contributed by atoms with Crippen molar-refractivity contribution in [3.05, 3.63) is 15.8 Å². The zero-order valence-corrected chi connectivity index (χ0v) is 13.4. The third-order valence-corrected chi connectivity index (χ3v) is 4.49. The highest BCUT2D eigenvalue weighted by molar-refractivity contribution is 5.60. The molecule has 1 aromatic heterocycles. The van der Waals surface area contributed by atoms with Gasteiger partial charge in [-0.1, -0.05) is 13.3 Å². The molecule has 118 valence electrons. The lowest BCUT2D eigenvalue weighted by Crippen LogP contribution is -2.27. The predicted octanol–water partition coefficient (Wildman–Crippen LogP) is 4.06. The van der Waals surface area contributed by atoms with Gasteiger partial charge in [0.2, 0.25) is 5.82 Å². The molecule has 0 aliphatic heterocycles. The van der Waals surface area contributed by atoms with Crippen LogP contribution in [0.15, 0.2) is 0 Å². The molecule has 0 atom stereocenters. The quantitative estimate of drug-likeness (QED) is 0.656. The van der Waals surface area contributed by atoms with Crippen LogP contribution in [0.3, 0.4) is 0 Å². The zero-order valence-electron chi connectivity index (χ0n) is 13.4. The third-order valence-electron chi connectivity index (χ3n) is 4.49. The fraction of sp³-hybridized carbons (Fsp3) is 0.800. The van der Waals surface area contributed by atoms with Gasteiger partial charge >= 0.3 is 5.69 Å². The van der Waals surface area contributed by atoms with Crippen molar-refractivity contribution in [3.63, 3.8) is 0 Å². The van der Waals surface area contributed by atoms with Gasteiger partial charge in [-0.25, -0.2) is 4.68 Å². The predicted molar refractivity (Wildman–Crippen MR) is 83.7 cm³/mol. The van der Waals surface area contributed by atoms with Crippen LogP contribution in [0, 0.1) is 23.0 Å². The van der Waals surface area contributed by atoms with Crippen LogP contribution in [0.4, 0.5) is 11.5 Å². The molecule has 0 radical (unpaired) electrons. The maximum absolute atomic E-state index is 11.3. The molecule has 0 saturated heterocycles. The molecule has 0 aromatic carbocycles. The summed E-state index contributed by atoms with van der Waals surface area (Å²) in [5.74, 6) is 1.39. The molecule has 0 amide bonds. The molecule has 1 aliphatic carbocycles. The van der Waals surface area contributed by atoms with E-state index >= 15 is 0 Å². The molecular weight excluding hydrogens is 268 g/mol. The van der Waals surface area contributed by atoms with Gasteiger partial charge in [-0.15, -0.1) is 0 Å². The maximum Gasteiger partial charge on any atom is 0.333 e. The Labute approximate surface area is 126 Å². The molecule has 1 heterocycles. The van der Waals surface area contributed by atoms with E-state index < -0.39 is 0 Å². The van der Waals surface area contributed by atoms with Crippen molar-refractivity contribution in [3.8, 4) is 0 Å². The summed E-state index contributed by atoms with van der Waals surface area (Å²) in [4.78, 5) is 11.0. The highest BCUT2D eigenvalue weighted by Crippen LogP contribution is 2.34. The fourth-order valence-electron chi connectivity index (χ4n) is 3.17. The van der Waals surface area contributed by atoms with E-state index in [1.54, 1.807) is 11.6 Å². The van der Waals surface area contributed by atoms with Crippen LogP contribution in [0.1, 0.15) is 64.6 Å². The zero-order chi connectivity index (χ0) is 15.6. The molecular formula is C15H26N4O2. The lowest BCUT2D eigenvalue weighted by Gasteiger charge is -2.29. The first kappa shape index (κ1) is 15.8. The van der Waals surface area contributed by atoms with Crippen LogP contribution in [-0.4, -0.2) is 20.7 Å². The summed E-state index contributed by atoms with van der Waals surface area (Å²) in [6, 6.07) is 0.423. The number of anilines is 1. The second-order valence-corrected chi connectivity index (χ2v) is 6.35. The molecule has 6 nitrogen and oxygen atoms in total. The van der Waals surface area contributed by atoms with Gasteiger partial charge < -0.3 is 5.32 Å². The molecule has 0 bridgehead atoms. The molecule has 6 heteroatoms. The molecule has 1 aromatic rings. The van der Waals surface area contributed by atoms with Gasteiger partial charge in [0.1, 0.15) is 5.69 Å². The molecule has 1 fully saturated rings. The standard InChI is InChI=1S/C15H26N4O2/c1-5-12-6-8-13(9-7-12)16-15-14(19(20)21)11(4)17-18(15)10(2)3/h10,12-13,16H,5-9H2,1-4H3. The van der Waals surface area contributed by atoms with Gasteiger partial charge in [0.15, 0.2) is 0 Å². The van der Waals surface area contributed by atoms with E-state index in [4.69, 9.17) is 0 Å². The third kappa shape index (κ3) is 3.36. The van der Waals surface area contributed by atoms with Crippen LogP contribution >= 0.6 is 0 Å². The minimum atomic E-state index is -0.318. The van der Waals surface area contributed by atoms with Crippen molar-refractivity contribution in [2.45, 2.75) is 71.9 Å². The van der Waals surface area contributed by atoms with Crippen molar-refractivity contribution < 1.29 is 4.92 Å². The lowest BCUT2D eigenvalue weighted by molar-refractivity contribution is -0.384. The number of nitro groups is 1. The van der Waals surface area contributed by atoms with Crippen LogP contribution in [0.2, 0.25) is 0 Å². The number of nitrogens with zero attached hydrogens (tertiary/aromatic N) is 3. The normalized spacial score (nSPS) is 22.5. The molecule has 0 spiro atoms. The lowest BCUT2D eigenvalue weighted by atomic mass is 9.84. The summed E-state index contributed by atoms with van der Waals surface area (Å²) in [5.41, 5.74) is 0.611. The number of rotatable bonds is 5. The van der Waals surface area contributed by atoms with Crippen LogP contribution in [0.5, 0.6) is 0 Å². The van der Waals surface area contributed by atoms with Crippen molar-refractivity contribution in [1.82, 2.24) is 9.78 Å². The first-order valence-corrected chi connectivity index (χ1v) is 7.94. The first-order valence-electron chi connectivity index (χ1n) is 7.94. The minimum absolute atomic E-state index is 0.104. The van der Waals surface area contributed by atoms with E-state index in [2.05, 4.69) is 17.3 Å². The van der Waals surface area contributed by atoms with E-state index in [1.807, 2.05) is 13.8 Å². The number of aryl methyl sites for hydroxylation is 1. The van der Waals surface area contributed by atoms with Crippen LogP contribution in [0.25, 0.3) is 0 Å². The monoisotopic (exact) mass is 294 g/mol. The Bertz CT molecular complexity index is 502. The Morgan fingerprint density at radius 1 is 1.38 bits per heavy atom. The molecule has 21 heavy (non-hydrogen) atoms. The minimum Gasteiger partial charge on any atom is -0.362 e. The molecule has 1 saturated carbocycles. The SMILES string of the molecule is CCC1CCC(Nc2c([N+](=O)[O-])c(C)nn2C(C)C)CC1. The number of nitrogens with one attached hydrogen (secondary N) is 1. The Balaban J connectivity index is 2.20. The van der Waals surface area contributed by atoms with Gasteiger partial charge in [0, 0.05) is 12.1 Å². The summed E-state index contributed by atoms with van der Waals surface area (Å²) < 4.78 is 1.75. The van der Waals surface area contributed by atoms with Gasteiger partial charge in [-0.3, -0.25) is 10.1 Å². The second kappa shape index (κ2) is 6.45. The highest BCUT2D eigenvalue weighted by atomic mass is 16.6. The van der Waals surface area contributed by atoms with E-state index in [-0.39, 0.29) is 16.7 Å². The molecule has 2 rings (SSSR count). The Kier molecular flexibility index (Phi) is 4.85. The van der Waals surface area contributed by atoms with Crippen molar-refractivity contribution in [1.29, 1.82) is 0 Å². The fourth-order valence-corrected chi connectivity index (χ4v) is 3.17. The molecule has 1 N–H and O–H groups in total. The van der Waals surface area contributed by atoms with Crippen molar-refractivity contribution in [2.24, 2.45) is 5.92 Å². The van der Waals surface area contributed by atoms with Gasteiger partial charge in [-0.05, 0) is 52.4 Å². The van der Waals surface area contributed by atoms with Crippen LogP contribution < -0.4 is 5.32 Å². The van der Waals surface area contributed by atoms with Crippen molar-refractivity contribution in [2.75, 3.05) is 5.32 Å². The highest BCUT2D eigenvalue weighted by Gasteiger charge is 2.29. The number of aromatic nitrogens is 2. The summed E-state index contributed by atoms with van der Waals surface area (Å²) >= 11 is 0. The van der Waals surface area contributed by atoms with E-state index in [0.29, 0.717) is 17.6 Å². The summed E-state index contributed by atoms with van der Waals surface area (Å²) in [6.07, 6.45) is 5.80. The van der Waals surface area contributed by atoms with E-state index in [0.717, 1.165) is 18.8 Å². The second-order valence-electron chi connectivity index (χ2n) is 6.35. The average molecular weight is 294 g/mol. The largest absolute Gasteiger partial charge is 0.362 e. The Morgan fingerprint density at radius 3 is 2.48 bits per heavy atom. The Morgan fingerprint density at radius 2 is 2.00 bits per heavy atom. The number of hydrogen-bond acceptors (Lipinski definition) is 4. The topological polar surface area (TPSA) is 73.0 Å². The van der Waals surface area contributed by atoms with Crippen molar-refractivity contribution >= 4 is 11.5 Å². The summed E-state index contributed by atoms with van der Waals surface area (Å²) in [6.45, 7) is 7.93. The first-order chi connectivity index (χ1) is 9.93. The van der Waals surface area contributed by atoms with Crippen LogP contribution in [-0.2, 0) is 0 Å². The molecule has 1 aliphatic rings. The van der Waals surface area contributed by atoms with Gasteiger partial charge in [0.25, 0.3) is 0 Å². The van der Waals surface area contributed by atoms with Gasteiger partial charge in [0.05, 0.1) is 4.92 Å². The summed E-state index contributed by atoms with van der Waals surface area (Å²) in [5, 5.41) is 19.1.